The minimum atomic E-state index is -0.548. The van der Waals surface area contributed by atoms with Gasteiger partial charge in [0, 0.05) is 18.0 Å². The van der Waals surface area contributed by atoms with Crippen LogP contribution < -0.4 is 15.8 Å². The van der Waals surface area contributed by atoms with Gasteiger partial charge in [0.05, 0.1) is 23.8 Å². The van der Waals surface area contributed by atoms with Crippen LogP contribution in [0.25, 0.3) is 0 Å². The SMILES string of the molecule is COc1cc([N+](=O)[O-])ccc1NC(=O)c1cc(N)ccn1. The van der Waals surface area contributed by atoms with E-state index in [9.17, 15) is 14.9 Å². The second-order valence-electron chi connectivity index (χ2n) is 4.07. The number of anilines is 2. The number of carbonyl (C=O) groups excluding carboxylic acids is 1. The highest BCUT2D eigenvalue weighted by Crippen LogP contribution is 2.29. The molecular weight excluding hydrogens is 276 g/mol. The Labute approximate surface area is 119 Å². The standard InChI is InChI=1S/C13H12N4O4/c1-21-12-7-9(17(19)20)2-3-10(12)16-13(18)11-6-8(14)4-5-15-11/h2-7H,1H3,(H2,14,15)(H,16,18). The van der Waals surface area contributed by atoms with E-state index in [1.54, 1.807) is 6.07 Å². The van der Waals surface area contributed by atoms with Crippen molar-refractivity contribution in [2.45, 2.75) is 0 Å². The van der Waals surface area contributed by atoms with Crippen molar-refractivity contribution in [2.75, 3.05) is 18.2 Å². The molecule has 2 rings (SSSR count). The number of nitro benzene ring substituents is 1. The summed E-state index contributed by atoms with van der Waals surface area (Å²) in [4.78, 5) is 26.1. The Kier molecular flexibility index (Phi) is 3.98. The summed E-state index contributed by atoms with van der Waals surface area (Å²) in [6, 6.07) is 6.87. The molecule has 1 aromatic carbocycles. The highest BCUT2D eigenvalue weighted by molar-refractivity contribution is 6.04. The molecular formula is C13H12N4O4. The molecule has 0 unspecified atom stereocenters. The zero-order valence-corrected chi connectivity index (χ0v) is 11.1. The van der Waals surface area contributed by atoms with Crippen LogP contribution in [0.1, 0.15) is 10.5 Å². The highest BCUT2D eigenvalue weighted by atomic mass is 16.6. The number of ether oxygens (including phenoxy) is 1. The number of non-ortho nitro benzene ring substituents is 1. The topological polar surface area (TPSA) is 120 Å². The zero-order chi connectivity index (χ0) is 15.4. The fourth-order valence-corrected chi connectivity index (χ4v) is 1.65. The number of nitrogens with zero attached hydrogens (tertiary/aromatic N) is 2. The van der Waals surface area contributed by atoms with E-state index in [4.69, 9.17) is 10.5 Å². The number of methoxy groups -OCH3 is 1. The fourth-order valence-electron chi connectivity index (χ4n) is 1.65. The molecule has 21 heavy (non-hydrogen) atoms. The van der Waals surface area contributed by atoms with Gasteiger partial charge in [-0.3, -0.25) is 19.9 Å². The lowest BCUT2D eigenvalue weighted by molar-refractivity contribution is -0.384. The molecule has 0 bridgehead atoms. The number of pyridine rings is 1. The van der Waals surface area contributed by atoms with Crippen molar-refractivity contribution in [3.8, 4) is 5.75 Å². The molecule has 0 atom stereocenters. The van der Waals surface area contributed by atoms with E-state index in [1.165, 1.54) is 37.6 Å². The summed E-state index contributed by atoms with van der Waals surface area (Å²) in [5.74, 6) is -0.309. The molecule has 1 aromatic heterocycles. The number of hydrogen-bond donors (Lipinski definition) is 2. The summed E-state index contributed by atoms with van der Waals surface area (Å²) in [6.07, 6.45) is 1.41. The van der Waals surface area contributed by atoms with Gasteiger partial charge < -0.3 is 15.8 Å². The van der Waals surface area contributed by atoms with Crippen LogP contribution in [0.3, 0.4) is 0 Å². The number of hydrogen-bond acceptors (Lipinski definition) is 6. The minimum absolute atomic E-state index is 0.132. The van der Waals surface area contributed by atoms with E-state index in [-0.39, 0.29) is 17.1 Å². The van der Waals surface area contributed by atoms with Crippen LogP contribution >= 0.6 is 0 Å². The predicted octanol–water partition coefficient (Wildman–Crippen LogP) is 1.83. The molecule has 2 aromatic rings. The molecule has 0 radical (unpaired) electrons. The summed E-state index contributed by atoms with van der Waals surface area (Å²) < 4.78 is 5.03. The van der Waals surface area contributed by atoms with Gasteiger partial charge in [0.15, 0.2) is 0 Å². The van der Waals surface area contributed by atoms with Gasteiger partial charge in [0.25, 0.3) is 11.6 Å². The molecule has 1 amide bonds. The third-order valence-corrected chi connectivity index (χ3v) is 2.66. The summed E-state index contributed by atoms with van der Waals surface area (Å²) >= 11 is 0. The third kappa shape index (κ3) is 3.24. The normalized spacial score (nSPS) is 9.95. The Morgan fingerprint density at radius 2 is 2.14 bits per heavy atom. The van der Waals surface area contributed by atoms with Crippen LogP contribution in [0, 0.1) is 10.1 Å². The number of benzene rings is 1. The summed E-state index contributed by atoms with van der Waals surface area (Å²) in [5.41, 5.74) is 6.29. The quantitative estimate of drug-likeness (QED) is 0.654. The first-order valence-corrected chi connectivity index (χ1v) is 5.86. The van der Waals surface area contributed by atoms with E-state index < -0.39 is 10.8 Å². The zero-order valence-electron chi connectivity index (χ0n) is 11.1. The smallest absolute Gasteiger partial charge is 0.274 e. The van der Waals surface area contributed by atoms with E-state index in [0.717, 1.165) is 0 Å². The number of amides is 1. The maximum absolute atomic E-state index is 12.0. The first kappa shape index (κ1) is 14.3. The van der Waals surface area contributed by atoms with Gasteiger partial charge in [-0.1, -0.05) is 0 Å². The van der Waals surface area contributed by atoms with E-state index in [1.807, 2.05) is 0 Å². The molecule has 0 fully saturated rings. The summed E-state index contributed by atoms with van der Waals surface area (Å²) in [5, 5.41) is 13.3. The van der Waals surface area contributed by atoms with Crippen molar-refractivity contribution >= 4 is 23.0 Å². The van der Waals surface area contributed by atoms with E-state index in [0.29, 0.717) is 11.4 Å². The second-order valence-corrected chi connectivity index (χ2v) is 4.07. The van der Waals surface area contributed by atoms with E-state index >= 15 is 0 Å². The van der Waals surface area contributed by atoms with Crippen molar-refractivity contribution in [1.29, 1.82) is 0 Å². The van der Waals surface area contributed by atoms with Crippen LogP contribution in [-0.4, -0.2) is 22.9 Å². The van der Waals surface area contributed by atoms with Crippen molar-refractivity contribution in [2.24, 2.45) is 0 Å². The van der Waals surface area contributed by atoms with Gasteiger partial charge in [-0.15, -0.1) is 0 Å². The number of carbonyl (C=O) groups is 1. The molecule has 3 N–H and O–H groups in total. The molecule has 0 aliphatic rings. The van der Waals surface area contributed by atoms with Crippen LogP contribution in [0.4, 0.5) is 17.1 Å². The lowest BCUT2D eigenvalue weighted by Gasteiger charge is -2.09. The molecule has 0 saturated heterocycles. The average Bonchev–Trinajstić information content (AvgIpc) is 2.47. The second kappa shape index (κ2) is 5.87. The van der Waals surface area contributed by atoms with Crippen molar-refractivity contribution in [3.05, 3.63) is 52.3 Å². The first-order valence-electron chi connectivity index (χ1n) is 5.86. The molecule has 0 saturated carbocycles. The molecule has 0 aliphatic heterocycles. The van der Waals surface area contributed by atoms with Crippen LogP contribution in [0.5, 0.6) is 5.75 Å². The maximum Gasteiger partial charge on any atom is 0.274 e. The maximum atomic E-state index is 12.0. The van der Waals surface area contributed by atoms with Crippen molar-refractivity contribution in [1.82, 2.24) is 4.98 Å². The Balaban J connectivity index is 2.27. The largest absolute Gasteiger partial charge is 0.494 e. The van der Waals surface area contributed by atoms with Crippen molar-refractivity contribution < 1.29 is 14.5 Å². The van der Waals surface area contributed by atoms with E-state index in [2.05, 4.69) is 10.3 Å². The monoisotopic (exact) mass is 288 g/mol. The van der Waals surface area contributed by atoms with Gasteiger partial charge in [0.2, 0.25) is 0 Å². The molecule has 0 aliphatic carbocycles. The molecule has 8 nitrogen and oxygen atoms in total. The minimum Gasteiger partial charge on any atom is -0.494 e. The number of rotatable bonds is 4. The lowest BCUT2D eigenvalue weighted by atomic mass is 10.2. The number of nitro groups is 1. The van der Waals surface area contributed by atoms with Gasteiger partial charge >= 0.3 is 0 Å². The Hall–Kier alpha value is -3.16. The highest BCUT2D eigenvalue weighted by Gasteiger charge is 2.15. The van der Waals surface area contributed by atoms with Crippen LogP contribution in [0.2, 0.25) is 0 Å². The van der Waals surface area contributed by atoms with Gasteiger partial charge in [-0.25, -0.2) is 0 Å². The summed E-state index contributed by atoms with van der Waals surface area (Å²) in [6.45, 7) is 0. The number of nitrogen functional groups attached to an aromatic ring is 1. The van der Waals surface area contributed by atoms with Gasteiger partial charge in [-0.05, 0) is 18.2 Å². The molecule has 0 spiro atoms. The van der Waals surface area contributed by atoms with Crippen molar-refractivity contribution in [3.63, 3.8) is 0 Å². The third-order valence-electron chi connectivity index (χ3n) is 2.66. The van der Waals surface area contributed by atoms with Crippen LogP contribution in [0.15, 0.2) is 36.5 Å². The fraction of sp³-hybridized carbons (Fsp3) is 0.0769. The van der Waals surface area contributed by atoms with Crippen LogP contribution in [-0.2, 0) is 0 Å². The first-order chi connectivity index (χ1) is 10.0. The number of nitrogens with two attached hydrogens (primary N) is 1. The molecule has 1 heterocycles. The average molecular weight is 288 g/mol. The number of nitrogens with one attached hydrogen (secondary N) is 1. The van der Waals surface area contributed by atoms with Gasteiger partial charge in [0.1, 0.15) is 11.4 Å². The number of aromatic nitrogens is 1. The lowest BCUT2D eigenvalue weighted by Crippen LogP contribution is -2.14. The van der Waals surface area contributed by atoms with Gasteiger partial charge in [-0.2, -0.15) is 0 Å². The Morgan fingerprint density at radius 1 is 1.38 bits per heavy atom. The molecule has 108 valence electrons. The Morgan fingerprint density at radius 3 is 2.76 bits per heavy atom. The predicted molar refractivity (Wildman–Crippen MR) is 76.3 cm³/mol. The summed E-state index contributed by atoms with van der Waals surface area (Å²) in [7, 11) is 1.35. The Bertz CT molecular complexity index is 702. The molecule has 8 heteroatoms.